The summed E-state index contributed by atoms with van der Waals surface area (Å²) in [5.74, 6) is 2.20. The monoisotopic (exact) mass is 296 g/mol. The molecule has 2 atom stereocenters. The van der Waals surface area contributed by atoms with Crippen LogP contribution >= 0.6 is 11.3 Å². The fourth-order valence-corrected chi connectivity index (χ4v) is 3.44. The van der Waals surface area contributed by atoms with Gasteiger partial charge in [-0.1, -0.05) is 30.3 Å². The molecule has 2 heterocycles. The van der Waals surface area contributed by atoms with E-state index >= 15 is 0 Å². The van der Waals surface area contributed by atoms with E-state index in [1.165, 1.54) is 5.56 Å². The summed E-state index contributed by atoms with van der Waals surface area (Å²) < 4.78 is 0. The van der Waals surface area contributed by atoms with Crippen molar-refractivity contribution >= 4 is 33.3 Å². The van der Waals surface area contributed by atoms with Crippen molar-refractivity contribution in [1.29, 1.82) is 0 Å². The van der Waals surface area contributed by atoms with Gasteiger partial charge >= 0.3 is 0 Å². The van der Waals surface area contributed by atoms with Gasteiger partial charge in [-0.2, -0.15) is 4.98 Å². The Morgan fingerprint density at radius 3 is 2.81 bits per heavy atom. The molecule has 0 aliphatic heterocycles. The molecule has 1 saturated carbocycles. The summed E-state index contributed by atoms with van der Waals surface area (Å²) in [6.07, 6.45) is 1.16. The number of fused-ring (bicyclic) bond motifs is 1. The van der Waals surface area contributed by atoms with E-state index in [9.17, 15) is 0 Å². The lowest BCUT2D eigenvalue weighted by molar-refractivity contribution is 1.03. The topological polar surface area (TPSA) is 49.8 Å². The van der Waals surface area contributed by atoms with Crippen LogP contribution in [-0.2, 0) is 0 Å². The highest BCUT2D eigenvalue weighted by Crippen LogP contribution is 2.43. The molecule has 2 N–H and O–H groups in total. The predicted molar refractivity (Wildman–Crippen MR) is 88.2 cm³/mol. The van der Waals surface area contributed by atoms with Gasteiger partial charge in [-0.05, 0) is 23.4 Å². The molecule has 5 heteroatoms. The van der Waals surface area contributed by atoms with Crippen molar-refractivity contribution in [1.82, 2.24) is 9.97 Å². The van der Waals surface area contributed by atoms with E-state index in [0.717, 1.165) is 22.5 Å². The maximum absolute atomic E-state index is 4.57. The molecule has 1 aromatic carbocycles. The first kappa shape index (κ1) is 12.6. The van der Waals surface area contributed by atoms with Crippen LogP contribution in [0.25, 0.3) is 10.2 Å². The highest BCUT2D eigenvalue weighted by atomic mass is 32.1. The third kappa shape index (κ3) is 2.34. The quantitative estimate of drug-likeness (QED) is 0.770. The predicted octanol–water partition coefficient (Wildman–Crippen LogP) is 3.70. The first-order valence-electron chi connectivity index (χ1n) is 7.09. The van der Waals surface area contributed by atoms with E-state index in [4.69, 9.17) is 0 Å². The SMILES string of the molecule is CNc1nc(NC2CC2c2ccccc2)c2ccsc2n1. The van der Waals surface area contributed by atoms with Gasteiger partial charge < -0.3 is 10.6 Å². The van der Waals surface area contributed by atoms with Crippen LogP contribution in [0.1, 0.15) is 17.9 Å². The van der Waals surface area contributed by atoms with Gasteiger partial charge in [0, 0.05) is 19.0 Å². The minimum absolute atomic E-state index is 0.468. The average Bonchev–Trinajstić information content (AvgIpc) is 3.12. The second kappa shape index (κ2) is 5.00. The van der Waals surface area contributed by atoms with E-state index in [0.29, 0.717) is 17.9 Å². The zero-order valence-electron chi connectivity index (χ0n) is 11.7. The zero-order valence-corrected chi connectivity index (χ0v) is 12.5. The maximum atomic E-state index is 4.57. The summed E-state index contributed by atoms with van der Waals surface area (Å²) in [7, 11) is 1.85. The molecule has 106 valence electrons. The van der Waals surface area contributed by atoms with Crippen molar-refractivity contribution in [3.8, 4) is 0 Å². The largest absolute Gasteiger partial charge is 0.366 e. The van der Waals surface area contributed by atoms with E-state index < -0.39 is 0 Å². The molecule has 1 aliphatic rings. The molecule has 1 fully saturated rings. The van der Waals surface area contributed by atoms with Gasteiger partial charge in [0.25, 0.3) is 0 Å². The summed E-state index contributed by atoms with van der Waals surface area (Å²) in [5.41, 5.74) is 1.40. The van der Waals surface area contributed by atoms with Crippen LogP contribution in [0.15, 0.2) is 41.8 Å². The lowest BCUT2D eigenvalue weighted by Crippen LogP contribution is -2.08. The molecule has 0 bridgehead atoms. The Balaban J connectivity index is 1.60. The van der Waals surface area contributed by atoms with Gasteiger partial charge in [0.1, 0.15) is 10.6 Å². The number of rotatable bonds is 4. The molecule has 0 saturated heterocycles. The van der Waals surface area contributed by atoms with E-state index in [2.05, 4.69) is 62.4 Å². The molecule has 1 aliphatic carbocycles. The first-order chi connectivity index (χ1) is 10.3. The van der Waals surface area contributed by atoms with Crippen molar-refractivity contribution in [3.63, 3.8) is 0 Å². The third-order valence-corrected chi connectivity index (χ3v) is 4.70. The highest BCUT2D eigenvalue weighted by molar-refractivity contribution is 7.16. The number of nitrogens with one attached hydrogen (secondary N) is 2. The van der Waals surface area contributed by atoms with E-state index in [-0.39, 0.29) is 0 Å². The van der Waals surface area contributed by atoms with Crippen LogP contribution in [0, 0.1) is 0 Å². The van der Waals surface area contributed by atoms with Gasteiger partial charge in [-0.3, -0.25) is 0 Å². The van der Waals surface area contributed by atoms with Crippen molar-refractivity contribution in [2.45, 2.75) is 18.4 Å². The average molecular weight is 296 g/mol. The second-order valence-electron chi connectivity index (χ2n) is 5.29. The Morgan fingerprint density at radius 2 is 2.00 bits per heavy atom. The number of hydrogen-bond donors (Lipinski definition) is 2. The summed E-state index contributed by atoms with van der Waals surface area (Å²) >= 11 is 1.64. The Kier molecular flexibility index (Phi) is 3.00. The normalized spacial score (nSPS) is 20.4. The maximum Gasteiger partial charge on any atom is 0.225 e. The molecule has 0 spiro atoms. The second-order valence-corrected chi connectivity index (χ2v) is 6.18. The van der Waals surface area contributed by atoms with Crippen LogP contribution in [0.3, 0.4) is 0 Å². The number of aromatic nitrogens is 2. The van der Waals surface area contributed by atoms with Crippen LogP contribution in [0.2, 0.25) is 0 Å². The summed E-state index contributed by atoms with van der Waals surface area (Å²) in [5, 5.41) is 9.78. The van der Waals surface area contributed by atoms with Gasteiger partial charge in [0.2, 0.25) is 5.95 Å². The number of benzene rings is 1. The third-order valence-electron chi connectivity index (χ3n) is 3.89. The molecule has 0 amide bonds. The van der Waals surface area contributed by atoms with Crippen molar-refractivity contribution in [3.05, 3.63) is 47.3 Å². The lowest BCUT2D eigenvalue weighted by Gasteiger charge is -2.08. The fourth-order valence-electron chi connectivity index (χ4n) is 2.68. The summed E-state index contributed by atoms with van der Waals surface area (Å²) in [4.78, 5) is 10.1. The minimum atomic E-state index is 0.468. The smallest absolute Gasteiger partial charge is 0.225 e. The summed E-state index contributed by atoms with van der Waals surface area (Å²) in [6, 6.07) is 13.2. The first-order valence-corrected chi connectivity index (χ1v) is 7.97. The zero-order chi connectivity index (χ0) is 14.2. The van der Waals surface area contributed by atoms with Gasteiger partial charge in [-0.25, -0.2) is 4.98 Å². The van der Waals surface area contributed by atoms with E-state index in [1.807, 2.05) is 7.05 Å². The van der Waals surface area contributed by atoms with Crippen molar-refractivity contribution in [2.24, 2.45) is 0 Å². The Morgan fingerprint density at radius 1 is 1.14 bits per heavy atom. The molecule has 2 aromatic heterocycles. The van der Waals surface area contributed by atoms with Gasteiger partial charge in [0.05, 0.1) is 5.39 Å². The molecular formula is C16H16N4S. The molecule has 4 nitrogen and oxygen atoms in total. The Labute approximate surface area is 127 Å². The highest BCUT2D eigenvalue weighted by Gasteiger charge is 2.38. The molecule has 4 rings (SSSR count). The molecule has 21 heavy (non-hydrogen) atoms. The van der Waals surface area contributed by atoms with Crippen molar-refractivity contribution in [2.75, 3.05) is 17.7 Å². The number of nitrogens with zero attached hydrogens (tertiary/aromatic N) is 2. The Bertz CT molecular complexity index is 768. The lowest BCUT2D eigenvalue weighted by atomic mass is 10.1. The number of hydrogen-bond acceptors (Lipinski definition) is 5. The standard InChI is InChI=1S/C16H16N4S/c1-17-16-19-14(11-7-8-21-15(11)20-16)18-13-9-12(13)10-5-3-2-4-6-10/h2-8,12-13H,9H2,1H3,(H2,17,18,19,20). The van der Waals surface area contributed by atoms with E-state index in [1.54, 1.807) is 11.3 Å². The van der Waals surface area contributed by atoms with Gasteiger partial charge in [-0.15, -0.1) is 11.3 Å². The molecule has 2 unspecified atom stereocenters. The van der Waals surface area contributed by atoms with Crippen LogP contribution < -0.4 is 10.6 Å². The Hall–Kier alpha value is -2.14. The number of thiophene rings is 1. The fraction of sp³-hybridized carbons (Fsp3) is 0.250. The van der Waals surface area contributed by atoms with Crippen LogP contribution in [-0.4, -0.2) is 23.1 Å². The molecule has 0 radical (unpaired) electrons. The van der Waals surface area contributed by atoms with Crippen molar-refractivity contribution < 1.29 is 0 Å². The van der Waals surface area contributed by atoms with Crippen LogP contribution in [0.5, 0.6) is 0 Å². The van der Waals surface area contributed by atoms with Gasteiger partial charge in [0.15, 0.2) is 0 Å². The molecule has 3 aromatic rings. The number of anilines is 2. The summed E-state index contributed by atoms with van der Waals surface area (Å²) in [6.45, 7) is 0. The minimum Gasteiger partial charge on any atom is -0.366 e. The van der Waals surface area contributed by atoms with Crippen LogP contribution in [0.4, 0.5) is 11.8 Å². The molecular weight excluding hydrogens is 280 g/mol.